The normalized spacial score (nSPS) is 16.3. The monoisotopic (exact) mass is 259 g/mol. The smallest absolute Gasteiger partial charge is 0.159 e. The second kappa shape index (κ2) is 6.78. The summed E-state index contributed by atoms with van der Waals surface area (Å²) in [6.45, 7) is 4.20. The third-order valence-electron chi connectivity index (χ3n) is 2.72. The first-order valence-corrected chi connectivity index (χ1v) is 5.83. The summed E-state index contributed by atoms with van der Waals surface area (Å²) in [6, 6.07) is 3.17. The van der Waals surface area contributed by atoms with Crippen molar-refractivity contribution in [3.63, 3.8) is 0 Å². The van der Waals surface area contributed by atoms with E-state index in [-0.39, 0.29) is 12.1 Å². The fourth-order valence-electron chi connectivity index (χ4n) is 1.82. The Morgan fingerprint density at radius 3 is 2.50 bits per heavy atom. The Bertz CT molecular complexity index is 387. The van der Waals surface area contributed by atoms with Gasteiger partial charge < -0.3 is 15.2 Å². The molecule has 0 spiro atoms. The number of rotatable bonds is 6. The van der Waals surface area contributed by atoms with Gasteiger partial charge in [0.25, 0.3) is 0 Å². The predicted molar refractivity (Wildman–Crippen MR) is 65.3 cm³/mol. The molecule has 0 aliphatic carbocycles. The van der Waals surface area contributed by atoms with E-state index in [1.807, 2.05) is 6.92 Å². The van der Waals surface area contributed by atoms with Crippen LogP contribution in [0.3, 0.4) is 0 Å². The van der Waals surface area contributed by atoms with Gasteiger partial charge in [-0.1, -0.05) is 6.07 Å². The third kappa shape index (κ3) is 4.01. The number of halogens is 2. The van der Waals surface area contributed by atoms with E-state index in [1.54, 1.807) is 14.0 Å². The van der Waals surface area contributed by atoms with Gasteiger partial charge in [-0.3, -0.25) is 0 Å². The van der Waals surface area contributed by atoms with Gasteiger partial charge in [0.15, 0.2) is 11.6 Å². The average molecular weight is 259 g/mol. The quantitative estimate of drug-likeness (QED) is 0.821. The van der Waals surface area contributed by atoms with E-state index in [4.69, 9.17) is 4.74 Å². The van der Waals surface area contributed by atoms with Crippen molar-refractivity contribution in [1.82, 2.24) is 5.32 Å². The van der Waals surface area contributed by atoms with Crippen LogP contribution in [0.15, 0.2) is 18.2 Å². The van der Waals surface area contributed by atoms with Crippen molar-refractivity contribution in [2.45, 2.75) is 32.0 Å². The summed E-state index contributed by atoms with van der Waals surface area (Å²) in [6.07, 6.45) is -0.903. The number of aliphatic hydroxyl groups excluding tert-OH is 1. The molecule has 3 nitrogen and oxygen atoms in total. The summed E-state index contributed by atoms with van der Waals surface area (Å²) in [4.78, 5) is 0. The van der Waals surface area contributed by atoms with Crippen LogP contribution in [0, 0.1) is 11.6 Å². The number of nitrogens with one attached hydrogen (secondary N) is 1. The third-order valence-corrected chi connectivity index (χ3v) is 2.72. The summed E-state index contributed by atoms with van der Waals surface area (Å²) in [5, 5.41) is 13.2. The highest BCUT2D eigenvalue weighted by molar-refractivity contribution is 5.21. The van der Waals surface area contributed by atoms with Crippen LogP contribution >= 0.6 is 0 Å². The van der Waals surface area contributed by atoms with Crippen molar-refractivity contribution >= 4 is 0 Å². The Hall–Kier alpha value is -1.04. The number of methoxy groups -OCH3 is 1. The van der Waals surface area contributed by atoms with Gasteiger partial charge in [0, 0.05) is 19.2 Å². The number of hydrogen-bond acceptors (Lipinski definition) is 3. The zero-order valence-corrected chi connectivity index (χ0v) is 10.8. The standard InChI is InChI=1S/C13H19F2NO2/c1-8(7-18-3)16-9(2)13(17)10-4-5-11(14)12(15)6-10/h4-6,8-9,13,16-17H,7H2,1-3H3. The largest absolute Gasteiger partial charge is 0.387 e. The van der Waals surface area contributed by atoms with Crippen LogP contribution in [0.2, 0.25) is 0 Å². The lowest BCUT2D eigenvalue weighted by molar-refractivity contribution is 0.111. The van der Waals surface area contributed by atoms with E-state index in [1.165, 1.54) is 6.07 Å². The first kappa shape index (κ1) is 15.0. The Labute approximate surface area is 106 Å². The van der Waals surface area contributed by atoms with Crippen molar-refractivity contribution in [3.05, 3.63) is 35.4 Å². The molecular formula is C13H19F2NO2. The minimum absolute atomic E-state index is 0.0601. The zero-order chi connectivity index (χ0) is 13.7. The van der Waals surface area contributed by atoms with Crippen LogP contribution in [-0.2, 0) is 4.74 Å². The van der Waals surface area contributed by atoms with E-state index >= 15 is 0 Å². The Morgan fingerprint density at radius 1 is 1.28 bits per heavy atom. The first-order chi connectivity index (χ1) is 8.45. The van der Waals surface area contributed by atoms with Gasteiger partial charge in [-0.25, -0.2) is 8.78 Å². The molecule has 0 fully saturated rings. The zero-order valence-electron chi connectivity index (χ0n) is 10.8. The topological polar surface area (TPSA) is 41.5 Å². The van der Waals surface area contributed by atoms with Gasteiger partial charge in [0.05, 0.1) is 12.7 Å². The molecule has 0 bridgehead atoms. The highest BCUT2D eigenvalue weighted by Crippen LogP contribution is 2.19. The van der Waals surface area contributed by atoms with Crippen LogP contribution in [0.25, 0.3) is 0 Å². The summed E-state index contributed by atoms with van der Waals surface area (Å²) in [7, 11) is 1.59. The first-order valence-electron chi connectivity index (χ1n) is 5.83. The van der Waals surface area contributed by atoms with E-state index in [0.29, 0.717) is 12.2 Å². The van der Waals surface area contributed by atoms with Crippen molar-refractivity contribution in [3.8, 4) is 0 Å². The molecule has 0 amide bonds. The summed E-state index contributed by atoms with van der Waals surface area (Å²) < 4.78 is 30.8. The van der Waals surface area contributed by atoms with Crippen LogP contribution in [0.1, 0.15) is 25.5 Å². The number of hydrogen-bond donors (Lipinski definition) is 2. The maximum Gasteiger partial charge on any atom is 0.159 e. The van der Waals surface area contributed by atoms with E-state index in [9.17, 15) is 13.9 Å². The average Bonchev–Trinajstić information content (AvgIpc) is 2.32. The van der Waals surface area contributed by atoms with Gasteiger partial charge in [-0.05, 0) is 31.5 Å². The molecule has 0 saturated carbocycles. The molecule has 0 aliphatic heterocycles. The molecule has 0 aromatic heterocycles. The van der Waals surface area contributed by atoms with Crippen molar-refractivity contribution in [2.24, 2.45) is 0 Å². The molecule has 3 atom stereocenters. The second-order valence-electron chi connectivity index (χ2n) is 4.43. The molecule has 2 N–H and O–H groups in total. The molecule has 5 heteroatoms. The van der Waals surface area contributed by atoms with E-state index in [0.717, 1.165) is 12.1 Å². The SMILES string of the molecule is COCC(C)NC(C)C(O)c1ccc(F)c(F)c1. The highest BCUT2D eigenvalue weighted by atomic mass is 19.2. The lowest BCUT2D eigenvalue weighted by atomic mass is 10.0. The maximum absolute atomic E-state index is 13.1. The molecule has 1 aromatic rings. The number of aliphatic hydroxyl groups is 1. The summed E-state index contributed by atoms with van der Waals surface area (Å²) >= 11 is 0. The van der Waals surface area contributed by atoms with Crippen LogP contribution in [0.5, 0.6) is 0 Å². The molecule has 1 aromatic carbocycles. The minimum Gasteiger partial charge on any atom is -0.387 e. The van der Waals surface area contributed by atoms with E-state index < -0.39 is 17.7 Å². The Kier molecular flexibility index (Phi) is 5.65. The van der Waals surface area contributed by atoms with Gasteiger partial charge in [0.1, 0.15) is 0 Å². The molecule has 0 radical (unpaired) electrons. The lowest BCUT2D eigenvalue weighted by Crippen LogP contribution is -2.40. The van der Waals surface area contributed by atoms with Gasteiger partial charge >= 0.3 is 0 Å². The predicted octanol–water partition coefficient (Wildman–Crippen LogP) is 2.01. The fraction of sp³-hybridized carbons (Fsp3) is 0.538. The molecule has 0 saturated heterocycles. The summed E-state index contributed by atoms with van der Waals surface area (Å²) in [5.41, 5.74) is 0.346. The van der Waals surface area contributed by atoms with Gasteiger partial charge in [-0.2, -0.15) is 0 Å². The minimum atomic E-state index is -0.955. The maximum atomic E-state index is 13.1. The van der Waals surface area contributed by atoms with Crippen LogP contribution in [0.4, 0.5) is 8.78 Å². The molecular weight excluding hydrogens is 240 g/mol. The van der Waals surface area contributed by atoms with Crippen molar-refractivity contribution in [2.75, 3.05) is 13.7 Å². The molecule has 18 heavy (non-hydrogen) atoms. The number of ether oxygens (including phenoxy) is 1. The van der Waals surface area contributed by atoms with Crippen molar-refractivity contribution < 1.29 is 18.6 Å². The van der Waals surface area contributed by atoms with Gasteiger partial charge in [0.2, 0.25) is 0 Å². The lowest BCUT2D eigenvalue weighted by Gasteiger charge is -2.24. The van der Waals surface area contributed by atoms with E-state index in [2.05, 4.69) is 5.32 Å². The molecule has 102 valence electrons. The fourth-order valence-corrected chi connectivity index (χ4v) is 1.82. The molecule has 0 aliphatic rings. The van der Waals surface area contributed by atoms with Crippen LogP contribution in [-0.4, -0.2) is 30.9 Å². The summed E-state index contributed by atoms with van der Waals surface area (Å²) in [5.74, 6) is -1.87. The van der Waals surface area contributed by atoms with Gasteiger partial charge in [-0.15, -0.1) is 0 Å². The van der Waals surface area contributed by atoms with Crippen molar-refractivity contribution in [1.29, 1.82) is 0 Å². The molecule has 0 heterocycles. The van der Waals surface area contributed by atoms with Crippen LogP contribution < -0.4 is 5.32 Å². The second-order valence-corrected chi connectivity index (χ2v) is 4.43. The number of benzene rings is 1. The highest BCUT2D eigenvalue weighted by Gasteiger charge is 2.19. The Balaban J connectivity index is 2.67. The Morgan fingerprint density at radius 2 is 1.94 bits per heavy atom. The molecule has 1 rings (SSSR count). The molecule has 3 unspecified atom stereocenters.